The van der Waals surface area contributed by atoms with Gasteiger partial charge in [-0.15, -0.1) is 0 Å². The monoisotopic (exact) mass is 569 g/mol. The van der Waals surface area contributed by atoms with Crippen molar-refractivity contribution in [2.24, 2.45) is 12.8 Å². The van der Waals surface area contributed by atoms with E-state index in [0.29, 0.717) is 25.6 Å². The summed E-state index contributed by atoms with van der Waals surface area (Å²) in [5.41, 5.74) is 8.01. The predicted molar refractivity (Wildman–Crippen MR) is 119 cm³/mol. The normalized spacial score (nSPS) is 18.1. The highest BCUT2D eigenvalue weighted by atomic mass is 19.4. The fraction of sp³-hybridized carbons (Fsp3) is 0.391. The van der Waals surface area contributed by atoms with Crippen molar-refractivity contribution in [2.45, 2.75) is 37.7 Å². The van der Waals surface area contributed by atoms with Crippen LogP contribution < -0.4 is 10.6 Å². The first-order chi connectivity index (χ1) is 17.9. The van der Waals surface area contributed by atoms with Crippen LogP contribution in [0, 0.1) is 24.4 Å². The second-order valence-corrected chi connectivity index (χ2v) is 8.68. The van der Waals surface area contributed by atoms with Crippen molar-refractivity contribution in [3.05, 3.63) is 53.1 Å². The van der Waals surface area contributed by atoms with E-state index in [9.17, 15) is 49.1 Å². The number of nitrogens with zero attached hydrogens (tertiary/aromatic N) is 4. The number of rotatable bonds is 3. The van der Waals surface area contributed by atoms with Crippen LogP contribution >= 0.6 is 0 Å². The maximum atomic E-state index is 14.1. The lowest BCUT2D eigenvalue weighted by molar-refractivity contribution is -0.193. The minimum absolute atomic E-state index is 0.131. The van der Waals surface area contributed by atoms with E-state index in [2.05, 4.69) is 9.97 Å². The lowest BCUT2D eigenvalue weighted by Crippen LogP contribution is -2.48. The minimum atomic E-state index is -5.77. The molecule has 0 bridgehead atoms. The number of aromatic nitrogens is 3. The Balaban J connectivity index is 0.000000298. The van der Waals surface area contributed by atoms with E-state index in [1.165, 1.54) is 0 Å². The summed E-state index contributed by atoms with van der Waals surface area (Å²) in [5.74, 6) is -8.55. The van der Waals surface area contributed by atoms with Gasteiger partial charge in [0.15, 0.2) is 17.3 Å². The third kappa shape index (κ3) is 6.49. The van der Waals surface area contributed by atoms with Crippen LogP contribution in [0.1, 0.15) is 23.7 Å². The zero-order valence-corrected chi connectivity index (χ0v) is 20.2. The molecule has 0 aliphatic carbocycles. The number of benzene rings is 1. The Morgan fingerprint density at radius 1 is 0.923 bits per heavy atom. The average molecular weight is 569 g/mol. The van der Waals surface area contributed by atoms with Gasteiger partial charge in [-0.2, -0.15) is 26.3 Å². The third-order valence-electron chi connectivity index (χ3n) is 6.07. The van der Waals surface area contributed by atoms with Crippen molar-refractivity contribution in [2.75, 3.05) is 18.0 Å². The number of piperidine rings is 1. The molecule has 3 heterocycles. The van der Waals surface area contributed by atoms with Gasteiger partial charge in [-0.1, -0.05) is 0 Å². The number of nitrogens with two attached hydrogens (primary N) is 1. The van der Waals surface area contributed by atoms with E-state index < -0.39 is 47.4 Å². The molecular weight excluding hydrogens is 549 g/mol. The largest absolute Gasteiger partial charge is 0.458 e. The number of alkyl halides is 6. The Hall–Kier alpha value is -3.69. The van der Waals surface area contributed by atoms with Crippen molar-refractivity contribution in [1.82, 2.24) is 14.5 Å². The number of aryl methyl sites for hydroxylation is 2. The number of ketones is 2. The molecule has 1 fully saturated rings. The summed E-state index contributed by atoms with van der Waals surface area (Å²) < 4.78 is 110. The first-order valence-corrected chi connectivity index (χ1v) is 11.1. The fourth-order valence-electron chi connectivity index (χ4n) is 4.00. The van der Waals surface area contributed by atoms with Gasteiger partial charge in [-0.05, 0) is 37.1 Å². The first kappa shape index (κ1) is 29.9. The number of carbonyl (C=O) groups is 2. The van der Waals surface area contributed by atoms with E-state index in [-0.39, 0.29) is 11.5 Å². The number of hydrogen-bond acceptors (Lipinski definition) is 6. The molecule has 7 nitrogen and oxygen atoms in total. The summed E-state index contributed by atoms with van der Waals surface area (Å²) in [6.07, 6.45) is -11.0. The van der Waals surface area contributed by atoms with Gasteiger partial charge in [0.2, 0.25) is 0 Å². The van der Waals surface area contributed by atoms with E-state index in [1.54, 1.807) is 0 Å². The number of anilines is 1. The van der Waals surface area contributed by atoms with Gasteiger partial charge >= 0.3 is 23.9 Å². The second-order valence-electron chi connectivity index (χ2n) is 8.68. The molecule has 1 aliphatic rings. The van der Waals surface area contributed by atoms with E-state index >= 15 is 0 Å². The quantitative estimate of drug-likeness (QED) is 0.288. The van der Waals surface area contributed by atoms with E-state index in [4.69, 9.17) is 5.73 Å². The van der Waals surface area contributed by atoms with E-state index in [0.717, 1.165) is 28.9 Å². The summed E-state index contributed by atoms with van der Waals surface area (Å²) in [4.78, 5) is 30.4. The number of imidazole rings is 1. The molecule has 39 heavy (non-hydrogen) atoms. The Bertz CT molecular complexity index is 1380. The molecule has 1 unspecified atom stereocenters. The van der Waals surface area contributed by atoms with Gasteiger partial charge in [0.1, 0.15) is 23.0 Å². The number of fused-ring (bicyclic) bond motifs is 1. The molecule has 4 rings (SSSR count). The number of hydrogen-bond donors (Lipinski definition) is 1. The van der Waals surface area contributed by atoms with Gasteiger partial charge in [0, 0.05) is 38.2 Å². The van der Waals surface area contributed by atoms with E-state index in [1.807, 2.05) is 35.6 Å². The summed E-state index contributed by atoms with van der Waals surface area (Å²) in [6, 6.07) is 4.89. The van der Waals surface area contributed by atoms with Crippen molar-refractivity contribution >= 4 is 28.5 Å². The molecule has 0 saturated carbocycles. The Morgan fingerprint density at radius 2 is 1.49 bits per heavy atom. The zero-order chi connectivity index (χ0) is 29.4. The van der Waals surface area contributed by atoms with Crippen LogP contribution in [0.2, 0.25) is 0 Å². The molecular formula is C23H20F9N5O2. The lowest BCUT2D eigenvalue weighted by atomic mass is 9.85. The van der Waals surface area contributed by atoms with Crippen molar-refractivity contribution in [3.8, 4) is 0 Å². The first-order valence-electron chi connectivity index (χ1n) is 11.1. The molecule has 2 atom stereocenters. The Kier molecular flexibility index (Phi) is 8.29. The molecule has 0 spiro atoms. The summed E-state index contributed by atoms with van der Waals surface area (Å²) in [7, 11) is 1.91. The molecule has 212 valence electrons. The molecule has 3 aromatic rings. The predicted octanol–water partition coefficient (Wildman–Crippen LogP) is 4.26. The standard InChI is InChI=1S/C19H20F3N5.C4F6O2/c1-10-24-17-3-4-18(25-19(17)26(10)2)27-6-5-11(16(23)9-27)12-7-14(21)15(22)8-13(12)20;5-3(6,7)1(11)2(12)4(8,9)10/h3-4,7-8,11,16H,5-6,9,23H2,1-2H3;/t11?,16-;/m0./s1. The van der Waals surface area contributed by atoms with Crippen LogP contribution in [0.5, 0.6) is 0 Å². The third-order valence-corrected chi connectivity index (χ3v) is 6.07. The molecule has 1 aliphatic heterocycles. The molecule has 0 amide bonds. The van der Waals surface area contributed by atoms with Crippen LogP contribution in [0.4, 0.5) is 45.3 Å². The van der Waals surface area contributed by atoms with Gasteiger partial charge in [0.05, 0.1) is 0 Å². The van der Waals surface area contributed by atoms with Gasteiger partial charge in [0.25, 0.3) is 0 Å². The summed E-state index contributed by atoms with van der Waals surface area (Å²) in [5, 5.41) is 0. The van der Waals surface area contributed by atoms with Crippen molar-refractivity contribution in [1.29, 1.82) is 0 Å². The fourth-order valence-corrected chi connectivity index (χ4v) is 4.00. The molecule has 16 heteroatoms. The summed E-state index contributed by atoms with van der Waals surface area (Å²) >= 11 is 0. The van der Waals surface area contributed by atoms with Gasteiger partial charge in [-0.25, -0.2) is 23.1 Å². The zero-order valence-electron chi connectivity index (χ0n) is 20.2. The van der Waals surface area contributed by atoms with Crippen molar-refractivity contribution < 1.29 is 49.1 Å². The van der Waals surface area contributed by atoms with Crippen LogP contribution in [0.15, 0.2) is 24.3 Å². The van der Waals surface area contributed by atoms with Crippen LogP contribution in [0.25, 0.3) is 11.2 Å². The maximum Gasteiger partial charge on any atom is 0.458 e. The average Bonchev–Trinajstić information content (AvgIpc) is 3.12. The van der Waals surface area contributed by atoms with Crippen molar-refractivity contribution in [3.63, 3.8) is 0 Å². The highest BCUT2D eigenvalue weighted by Crippen LogP contribution is 2.32. The highest BCUT2D eigenvalue weighted by molar-refractivity contribution is 6.41. The molecule has 2 aromatic heterocycles. The van der Waals surface area contributed by atoms with Gasteiger partial charge < -0.3 is 15.2 Å². The smallest absolute Gasteiger partial charge is 0.355 e. The molecule has 0 radical (unpaired) electrons. The van der Waals surface area contributed by atoms with Crippen LogP contribution in [0.3, 0.4) is 0 Å². The van der Waals surface area contributed by atoms with Crippen LogP contribution in [-0.4, -0.2) is 57.6 Å². The molecule has 1 aromatic carbocycles. The maximum absolute atomic E-state index is 14.1. The summed E-state index contributed by atoms with van der Waals surface area (Å²) in [6.45, 7) is 2.95. The number of Topliss-reactive ketones (excluding diaryl/α,β-unsaturated/α-hetero) is 2. The lowest BCUT2D eigenvalue weighted by Gasteiger charge is -2.37. The number of halogens is 9. The second kappa shape index (κ2) is 10.8. The Labute approximate surface area is 214 Å². The van der Waals surface area contributed by atoms with Gasteiger partial charge in [-0.3, -0.25) is 9.59 Å². The minimum Gasteiger partial charge on any atom is -0.355 e. The SMILES string of the molecule is Cc1nc2ccc(N3CCC(c4cc(F)c(F)cc4F)[C@@H](N)C3)nc2n1C.O=C(C(=O)C(F)(F)F)C(F)(F)F. The highest BCUT2D eigenvalue weighted by Gasteiger charge is 2.54. The Morgan fingerprint density at radius 3 is 2.03 bits per heavy atom. The number of pyridine rings is 1. The number of carbonyl (C=O) groups excluding carboxylic acids is 2. The topological polar surface area (TPSA) is 94.1 Å². The molecule has 2 N–H and O–H groups in total. The molecule has 1 saturated heterocycles. The van der Waals surface area contributed by atoms with Crippen LogP contribution in [-0.2, 0) is 16.6 Å².